The molecule has 0 radical (unpaired) electrons. The van der Waals surface area contributed by atoms with Crippen LogP contribution in [0.1, 0.15) is 5.56 Å². The van der Waals surface area contributed by atoms with E-state index >= 15 is 0 Å². The molecule has 36 heavy (non-hydrogen) atoms. The first-order valence-electron chi connectivity index (χ1n) is 12.5. The van der Waals surface area contributed by atoms with Gasteiger partial charge in [-0.05, 0) is 41.1 Å². The summed E-state index contributed by atoms with van der Waals surface area (Å²) in [5.74, 6) is 0. The summed E-state index contributed by atoms with van der Waals surface area (Å²) in [7, 11) is 0. The molecule has 0 bridgehead atoms. The summed E-state index contributed by atoms with van der Waals surface area (Å²) in [5, 5.41) is 3.82. The van der Waals surface area contributed by atoms with Crippen molar-refractivity contribution in [3.63, 3.8) is 0 Å². The van der Waals surface area contributed by atoms with Crippen LogP contribution in [0.2, 0.25) is 0 Å². The van der Waals surface area contributed by atoms with Crippen molar-refractivity contribution in [3.8, 4) is 33.5 Å². The number of benzene rings is 5. The van der Waals surface area contributed by atoms with E-state index in [0.29, 0.717) is 0 Å². The van der Waals surface area contributed by atoms with Gasteiger partial charge < -0.3 is 4.40 Å². The second kappa shape index (κ2) is 8.25. The molecule has 0 unspecified atom stereocenters. The molecule has 7 rings (SSSR count). The Kier molecular flexibility index (Phi) is 4.75. The largest absolute Gasteiger partial charge is 0.307 e. The van der Waals surface area contributed by atoms with Gasteiger partial charge in [0.25, 0.3) is 0 Å². The van der Waals surface area contributed by atoms with E-state index in [9.17, 15) is 0 Å². The molecule has 2 aromatic heterocycles. The van der Waals surface area contributed by atoms with Crippen molar-refractivity contribution in [1.82, 2.24) is 4.40 Å². The Morgan fingerprint density at radius 1 is 0.444 bits per heavy atom. The maximum Gasteiger partial charge on any atom is 0.0626 e. The van der Waals surface area contributed by atoms with Gasteiger partial charge in [0.2, 0.25) is 0 Å². The van der Waals surface area contributed by atoms with Gasteiger partial charge in [-0.1, -0.05) is 127 Å². The van der Waals surface area contributed by atoms with Crippen molar-refractivity contribution in [2.24, 2.45) is 0 Å². The lowest BCUT2D eigenvalue weighted by Gasteiger charge is -2.19. The van der Waals surface area contributed by atoms with Gasteiger partial charge in [0, 0.05) is 21.9 Å². The predicted molar refractivity (Wildman–Crippen MR) is 153 cm³/mol. The van der Waals surface area contributed by atoms with Gasteiger partial charge in [0.15, 0.2) is 0 Å². The van der Waals surface area contributed by atoms with E-state index in [1.807, 2.05) is 0 Å². The van der Waals surface area contributed by atoms with Crippen LogP contribution >= 0.6 is 0 Å². The van der Waals surface area contributed by atoms with Crippen LogP contribution in [-0.4, -0.2) is 4.40 Å². The highest BCUT2D eigenvalue weighted by Crippen LogP contribution is 2.46. The molecule has 0 N–H and O–H groups in total. The molecular weight excluding hydrogens is 434 g/mol. The highest BCUT2D eigenvalue weighted by Gasteiger charge is 2.23. The molecule has 1 heteroatoms. The summed E-state index contributed by atoms with van der Waals surface area (Å²) in [6, 6.07) is 48.3. The maximum absolute atomic E-state index is 2.51. The monoisotopic (exact) mass is 459 g/mol. The number of pyridine rings is 1. The Balaban J connectivity index is 1.82. The van der Waals surface area contributed by atoms with E-state index in [1.165, 1.54) is 66.3 Å². The fraction of sp³-hybridized carbons (Fsp3) is 0.0286. The van der Waals surface area contributed by atoms with Gasteiger partial charge in [-0.2, -0.15) is 0 Å². The Labute approximate surface area is 210 Å². The molecule has 0 saturated heterocycles. The lowest BCUT2D eigenvalue weighted by molar-refractivity contribution is 1.27. The van der Waals surface area contributed by atoms with Crippen LogP contribution in [0.3, 0.4) is 0 Å². The molecule has 0 spiro atoms. The third-order valence-electron chi connectivity index (χ3n) is 7.21. The Morgan fingerprint density at radius 2 is 0.972 bits per heavy atom. The van der Waals surface area contributed by atoms with E-state index in [2.05, 4.69) is 145 Å². The van der Waals surface area contributed by atoms with E-state index in [1.54, 1.807) is 0 Å². The van der Waals surface area contributed by atoms with Crippen LogP contribution in [0.25, 0.3) is 60.7 Å². The van der Waals surface area contributed by atoms with Crippen molar-refractivity contribution < 1.29 is 0 Å². The summed E-state index contributed by atoms with van der Waals surface area (Å²) in [6.07, 6.45) is 0. The Bertz CT molecular complexity index is 1860. The fourth-order valence-electron chi connectivity index (χ4n) is 5.70. The highest BCUT2D eigenvalue weighted by molar-refractivity contribution is 6.20. The molecule has 7 aromatic rings. The minimum absolute atomic E-state index is 1.21. The van der Waals surface area contributed by atoms with Crippen molar-refractivity contribution in [2.45, 2.75) is 6.92 Å². The number of hydrogen-bond donors (Lipinski definition) is 0. The number of hydrogen-bond acceptors (Lipinski definition) is 0. The van der Waals surface area contributed by atoms with Gasteiger partial charge in [0.05, 0.1) is 16.7 Å². The molecule has 1 nitrogen and oxygen atoms in total. The SMILES string of the molecule is Cc1ccc2c(c1)c(-c1ccccc1)c1c3ccccc3c(-c3ccccc3)c(-c3ccccc3)n21. The van der Waals surface area contributed by atoms with Gasteiger partial charge >= 0.3 is 0 Å². The molecule has 0 aliphatic carbocycles. The third-order valence-corrected chi connectivity index (χ3v) is 7.21. The normalized spacial score (nSPS) is 11.5. The minimum atomic E-state index is 1.21. The summed E-state index contributed by atoms with van der Waals surface area (Å²) >= 11 is 0. The van der Waals surface area contributed by atoms with Gasteiger partial charge in [-0.15, -0.1) is 0 Å². The Hall–Kier alpha value is -4.62. The summed E-state index contributed by atoms with van der Waals surface area (Å²) in [4.78, 5) is 0. The zero-order valence-corrected chi connectivity index (χ0v) is 20.1. The first-order valence-corrected chi connectivity index (χ1v) is 12.5. The van der Waals surface area contributed by atoms with Crippen LogP contribution in [0, 0.1) is 6.92 Å². The number of rotatable bonds is 3. The van der Waals surface area contributed by atoms with E-state index in [-0.39, 0.29) is 0 Å². The number of aryl methyl sites for hydroxylation is 1. The second-order valence-corrected chi connectivity index (χ2v) is 9.45. The summed E-state index contributed by atoms with van der Waals surface area (Å²) in [6.45, 7) is 2.18. The molecule has 0 saturated carbocycles. The van der Waals surface area contributed by atoms with Crippen LogP contribution in [0.15, 0.2) is 133 Å². The minimum Gasteiger partial charge on any atom is -0.307 e. The summed E-state index contributed by atoms with van der Waals surface area (Å²) < 4.78 is 2.51. The first kappa shape index (κ1) is 20.7. The van der Waals surface area contributed by atoms with E-state index in [4.69, 9.17) is 0 Å². The fourth-order valence-corrected chi connectivity index (χ4v) is 5.70. The van der Waals surface area contributed by atoms with Crippen molar-refractivity contribution in [2.75, 3.05) is 0 Å². The topological polar surface area (TPSA) is 4.41 Å². The van der Waals surface area contributed by atoms with E-state index < -0.39 is 0 Å². The molecule has 0 aliphatic heterocycles. The van der Waals surface area contributed by atoms with Crippen LogP contribution in [0.5, 0.6) is 0 Å². The summed E-state index contributed by atoms with van der Waals surface area (Å²) in [5.41, 5.74) is 11.2. The van der Waals surface area contributed by atoms with Crippen LogP contribution in [-0.2, 0) is 0 Å². The van der Waals surface area contributed by atoms with Gasteiger partial charge in [-0.25, -0.2) is 0 Å². The smallest absolute Gasteiger partial charge is 0.0626 e. The molecule has 0 amide bonds. The number of aromatic nitrogens is 1. The number of fused-ring (bicyclic) bond motifs is 5. The lowest BCUT2D eigenvalue weighted by atomic mass is 9.92. The molecule has 0 atom stereocenters. The van der Waals surface area contributed by atoms with Crippen molar-refractivity contribution in [3.05, 3.63) is 139 Å². The lowest BCUT2D eigenvalue weighted by Crippen LogP contribution is -1.98. The Morgan fingerprint density at radius 3 is 1.61 bits per heavy atom. The standard InChI is InChI=1S/C35H25N/c1-24-21-22-31-30(23-24)33(26-15-7-3-8-16-26)35-29-20-12-11-19-28(29)32(25-13-5-2-6-14-25)34(36(31)35)27-17-9-4-10-18-27/h2-23H,1H3. The molecule has 170 valence electrons. The van der Waals surface area contributed by atoms with Crippen LogP contribution in [0.4, 0.5) is 0 Å². The van der Waals surface area contributed by atoms with Gasteiger partial charge in [0.1, 0.15) is 0 Å². The zero-order chi connectivity index (χ0) is 24.1. The molecular formula is C35H25N. The quantitative estimate of drug-likeness (QED) is 0.248. The number of nitrogens with zero attached hydrogens (tertiary/aromatic N) is 1. The highest BCUT2D eigenvalue weighted by atomic mass is 14.9. The first-order chi connectivity index (χ1) is 17.8. The molecule has 5 aromatic carbocycles. The average molecular weight is 460 g/mol. The third kappa shape index (κ3) is 3.10. The van der Waals surface area contributed by atoms with Gasteiger partial charge in [-0.3, -0.25) is 0 Å². The van der Waals surface area contributed by atoms with Crippen molar-refractivity contribution >= 4 is 27.2 Å². The molecule has 2 heterocycles. The molecule has 0 fully saturated rings. The molecule has 0 aliphatic rings. The second-order valence-electron chi connectivity index (χ2n) is 9.45. The predicted octanol–water partition coefficient (Wildman–Crippen LogP) is 9.56. The van der Waals surface area contributed by atoms with E-state index in [0.717, 1.165) is 0 Å². The van der Waals surface area contributed by atoms with Crippen LogP contribution < -0.4 is 0 Å². The average Bonchev–Trinajstić information content (AvgIpc) is 3.28. The zero-order valence-electron chi connectivity index (χ0n) is 20.1. The maximum atomic E-state index is 2.51. The van der Waals surface area contributed by atoms with Crippen molar-refractivity contribution in [1.29, 1.82) is 0 Å².